The van der Waals surface area contributed by atoms with Gasteiger partial charge in [0.05, 0.1) is 12.1 Å². The van der Waals surface area contributed by atoms with Gasteiger partial charge in [0.15, 0.2) is 0 Å². The van der Waals surface area contributed by atoms with E-state index in [1.54, 1.807) is 0 Å². The van der Waals surface area contributed by atoms with Crippen LogP contribution in [0, 0.1) is 0 Å². The monoisotopic (exact) mass is 278 g/mol. The Kier molecular flexibility index (Phi) is 7.92. The topological polar surface area (TPSA) is 64.4 Å². The summed E-state index contributed by atoms with van der Waals surface area (Å²) in [6.45, 7) is 5.29. The molecule has 1 aromatic carbocycles. The highest BCUT2D eigenvalue weighted by molar-refractivity contribution is 5.81. The SMILES string of the molecule is CCCC(N)C(=O)NCCCOC(C)c1ccccc1. The summed E-state index contributed by atoms with van der Waals surface area (Å²) in [7, 11) is 0. The lowest BCUT2D eigenvalue weighted by Gasteiger charge is -2.14. The minimum Gasteiger partial charge on any atom is -0.374 e. The number of carbonyl (C=O) groups is 1. The van der Waals surface area contributed by atoms with E-state index in [0.29, 0.717) is 13.2 Å². The first-order chi connectivity index (χ1) is 9.65. The molecule has 3 N–H and O–H groups in total. The van der Waals surface area contributed by atoms with Crippen molar-refractivity contribution in [1.29, 1.82) is 0 Å². The average molecular weight is 278 g/mol. The van der Waals surface area contributed by atoms with E-state index in [-0.39, 0.29) is 18.1 Å². The number of nitrogens with one attached hydrogen (secondary N) is 1. The van der Waals surface area contributed by atoms with Gasteiger partial charge in [-0.1, -0.05) is 43.7 Å². The normalized spacial score (nSPS) is 13.8. The third-order valence-corrected chi connectivity index (χ3v) is 3.19. The number of hydrogen-bond acceptors (Lipinski definition) is 3. The Hall–Kier alpha value is -1.39. The van der Waals surface area contributed by atoms with Crippen LogP contribution in [0.5, 0.6) is 0 Å². The van der Waals surface area contributed by atoms with Gasteiger partial charge in [0.25, 0.3) is 0 Å². The molecule has 1 rings (SSSR count). The van der Waals surface area contributed by atoms with Gasteiger partial charge in [-0.2, -0.15) is 0 Å². The molecule has 0 saturated carbocycles. The molecule has 4 nitrogen and oxygen atoms in total. The van der Waals surface area contributed by atoms with Crippen molar-refractivity contribution in [1.82, 2.24) is 5.32 Å². The smallest absolute Gasteiger partial charge is 0.236 e. The van der Waals surface area contributed by atoms with E-state index in [2.05, 4.69) is 17.4 Å². The molecule has 112 valence electrons. The molecule has 0 radical (unpaired) electrons. The Balaban J connectivity index is 2.12. The molecule has 0 bridgehead atoms. The zero-order valence-electron chi connectivity index (χ0n) is 12.5. The molecule has 0 spiro atoms. The highest BCUT2D eigenvalue weighted by Crippen LogP contribution is 2.15. The predicted octanol–water partition coefficient (Wildman–Crippen LogP) is 2.40. The quantitative estimate of drug-likeness (QED) is 0.682. The van der Waals surface area contributed by atoms with Gasteiger partial charge in [0.1, 0.15) is 0 Å². The molecule has 0 aliphatic rings. The van der Waals surface area contributed by atoms with Gasteiger partial charge in [-0.15, -0.1) is 0 Å². The fourth-order valence-electron chi connectivity index (χ4n) is 1.94. The van der Waals surface area contributed by atoms with E-state index in [9.17, 15) is 4.79 Å². The van der Waals surface area contributed by atoms with Crippen molar-refractivity contribution >= 4 is 5.91 Å². The molecular weight excluding hydrogens is 252 g/mol. The summed E-state index contributed by atoms with van der Waals surface area (Å²) < 4.78 is 5.74. The summed E-state index contributed by atoms with van der Waals surface area (Å²) in [5.41, 5.74) is 6.89. The standard InChI is InChI=1S/C16H26N2O2/c1-3-8-15(17)16(19)18-11-7-12-20-13(2)14-9-5-4-6-10-14/h4-6,9-10,13,15H,3,7-8,11-12,17H2,1-2H3,(H,18,19). The second-order valence-electron chi connectivity index (χ2n) is 4.96. The summed E-state index contributed by atoms with van der Waals surface area (Å²) in [6.07, 6.45) is 2.52. The van der Waals surface area contributed by atoms with E-state index >= 15 is 0 Å². The fraction of sp³-hybridized carbons (Fsp3) is 0.562. The number of hydrogen-bond donors (Lipinski definition) is 2. The fourth-order valence-corrected chi connectivity index (χ4v) is 1.94. The molecule has 2 unspecified atom stereocenters. The first kappa shape index (κ1) is 16.7. The Morgan fingerprint density at radius 2 is 2.05 bits per heavy atom. The van der Waals surface area contributed by atoms with Crippen LogP contribution in [0.4, 0.5) is 0 Å². The number of rotatable bonds is 9. The maximum Gasteiger partial charge on any atom is 0.236 e. The molecule has 2 atom stereocenters. The van der Waals surface area contributed by atoms with Gasteiger partial charge >= 0.3 is 0 Å². The van der Waals surface area contributed by atoms with Crippen molar-refractivity contribution in [3.63, 3.8) is 0 Å². The number of amides is 1. The maximum atomic E-state index is 11.6. The van der Waals surface area contributed by atoms with Crippen molar-refractivity contribution in [3.8, 4) is 0 Å². The number of benzene rings is 1. The number of nitrogens with two attached hydrogens (primary N) is 1. The van der Waals surface area contributed by atoms with E-state index < -0.39 is 0 Å². The molecule has 1 amide bonds. The summed E-state index contributed by atoms with van der Waals surface area (Å²) in [5.74, 6) is -0.0667. The van der Waals surface area contributed by atoms with Crippen LogP contribution >= 0.6 is 0 Å². The third-order valence-electron chi connectivity index (χ3n) is 3.19. The van der Waals surface area contributed by atoms with E-state index in [0.717, 1.165) is 19.3 Å². The molecule has 0 fully saturated rings. The maximum absolute atomic E-state index is 11.6. The Morgan fingerprint density at radius 1 is 1.35 bits per heavy atom. The molecule has 20 heavy (non-hydrogen) atoms. The highest BCUT2D eigenvalue weighted by atomic mass is 16.5. The van der Waals surface area contributed by atoms with Crippen molar-refractivity contribution < 1.29 is 9.53 Å². The van der Waals surface area contributed by atoms with Gasteiger partial charge in [0.2, 0.25) is 5.91 Å². The lowest BCUT2D eigenvalue weighted by atomic mass is 10.1. The summed E-state index contributed by atoms with van der Waals surface area (Å²) >= 11 is 0. The second kappa shape index (κ2) is 9.50. The summed E-state index contributed by atoms with van der Waals surface area (Å²) in [6, 6.07) is 9.72. The first-order valence-electron chi connectivity index (χ1n) is 7.35. The third kappa shape index (κ3) is 6.17. The van der Waals surface area contributed by atoms with Crippen LogP contribution in [0.25, 0.3) is 0 Å². The molecular formula is C16H26N2O2. The van der Waals surface area contributed by atoms with Gasteiger partial charge in [0, 0.05) is 13.2 Å². The average Bonchev–Trinajstić information content (AvgIpc) is 2.47. The van der Waals surface area contributed by atoms with Crippen LogP contribution in [0.15, 0.2) is 30.3 Å². The molecule has 0 aliphatic heterocycles. The second-order valence-corrected chi connectivity index (χ2v) is 4.96. The minimum atomic E-state index is -0.385. The summed E-state index contributed by atoms with van der Waals surface area (Å²) in [4.78, 5) is 11.6. The predicted molar refractivity (Wildman–Crippen MR) is 81.3 cm³/mol. The molecule has 0 heterocycles. The molecule has 4 heteroatoms. The van der Waals surface area contributed by atoms with Crippen LogP contribution in [0.3, 0.4) is 0 Å². The van der Waals surface area contributed by atoms with Crippen molar-refractivity contribution in [3.05, 3.63) is 35.9 Å². The lowest BCUT2D eigenvalue weighted by molar-refractivity contribution is -0.122. The highest BCUT2D eigenvalue weighted by Gasteiger charge is 2.11. The summed E-state index contributed by atoms with van der Waals surface area (Å²) in [5, 5.41) is 2.84. The zero-order valence-corrected chi connectivity index (χ0v) is 12.5. The van der Waals surface area contributed by atoms with Gasteiger partial charge in [-0.25, -0.2) is 0 Å². The van der Waals surface area contributed by atoms with Crippen LogP contribution < -0.4 is 11.1 Å². The number of ether oxygens (including phenoxy) is 1. The van der Waals surface area contributed by atoms with Crippen LogP contribution in [0.1, 0.15) is 44.8 Å². The molecule has 0 aromatic heterocycles. The molecule has 0 aliphatic carbocycles. The Morgan fingerprint density at radius 3 is 2.70 bits per heavy atom. The van der Waals surface area contributed by atoms with Crippen molar-refractivity contribution in [2.45, 2.75) is 45.3 Å². The Labute approximate surface area is 121 Å². The zero-order chi connectivity index (χ0) is 14.8. The lowest BCUT2D eigenvalue weighted by Crippen LogP contribution is -2.40. The van der Waals surface area contributed by atoms with Gasteiger partial charge < -0.3 is 15.8 Å². The van der Waals surface area contributed by atoms with Gasteiger partial charge in [-0.05, 0) is 25.3 Å². The molecule has 0 saturated heterocycles. The van der Waals surface area contributed by atoms with Crippen LogP contribution in [0.2, 0.25) is 0 Å². The van der Waals surface area contributed by atoms with Crippen LogP contribution in [-0.4, -0.2) is 25.1 Å². The van der Waals surface area contributed by atoms with Gasteiger partial charge in [-0.3, -0.25) is 4.79 Å². The number of carbonyl (C=O) groups excluding carboxylic acids is 1. The van der Waals surface area contributed by atoms with E-state index in [1.807, 2.05) is 32.0 Å². The largest absolute Gasteiger partial charge is 0.374 e. The minimum absolute atomic E-state index is 0.0667. The van der Waals surface area contributed by atoms with Crippen LogP contribution in [-0.2, 0) is 9.53 Å². The Bertz CT molecular complexity index is 381. The molecule has 1 aromatic rings. The van der Waals surface area contributed by atoms with Crippen molar-refractivity contribution in [2.75, 3.05) is 13.2 Å². The van der Waals surface area contributed by atoms with Crippen molar-refractivity contribution in [2.24, 2.45) is 5.73 Å². The van der Waals surface area contributed by atoms with E-state index in [4.69, 9.17) is 10.5 Å². The first-order valence-corrected chi connectivity index (χ1v) is 7.35. The van der Waals surface area contributed by atoms with E-state index in [1.165, 1.54) is 5.56 Å².